The summed E-state index contributed by atoms with van der Waals surface area (Å²) in [7, 11) is 4.10. The van der Waals surface area contributed by atoms with Crippen LogP contribution in [0.1, 0.15) is 24.4 Å². The maximum Gasteiger partial charge on any atom is 0.265 e. The highest BCUT2D eigenvalue weighted by Gasteiger charge is 2.39. The van der Waals surface area contributed by atoms with E-state index >= 15 is 0 Å². The van der Waals surface area contributed by atoms with Crippen molar-refractivity contribution in [1.82, 2.24) is 24.1 Å². The highest BCUT2D eigenvalue weighted by molar-refractivity contribution is 7.27. The molecule has 2 atom stereocenters. The van der Waals surface area contributed by atoms with E-state index in [0.717, 1.165) is 34.1 Å². The van der Waals surface area contributed by atoms with Crippen LogP contribution in [0.15, 0.2) is 65.0 Å². The Morgan fingerprint density at radius 2 is 2.00 bits per heavy atom. The van der Waals surface area contributed by atoms with E-state index < -0.39 is 5.82 Å². The van der Waals surface area contributed by atoms with E-state index in [4.69, 9.17) is 27.2 Å². The summed E-state index contributed by atoms with van der Waals surface area (Å²) in [5, 5.41) is 8.61. The van der Waals surface area contributed by atoms with Crippen LogP contribution in [0.3, 0.4) is 0 Å². The van der Waals surface area contributed by atoms with Crippen molar-refractivity contribution in [1.29, 1.82) is 0 Å². The lowest BCUT2D eigenvalue weighted by molar-refractivity contribution is 0.386. The highest BCUT2D eigenvalue weighted by Crippen LogP contribution is 2.48. The summed E-state index contributed by atoms with van der Waals surface area (Å²) in [5.41, 5.74) is 9.81. The van der Waals surface area contributed by atoms with Crippen molar-refractivity contribution >= 4 is 59.2 Å². The quantitative estimate of drug-likeness (QED) is 0.244. The van der Waals surface area contributed by atoms with Crippen molar-refractivity contribution in [2.24, 2.45) is 5.92 Å². The number of rotatable bonds is 6. The Bertz CT molecular complexity index is 2050. The number of fused-ring (bicyclic) bond motifs is 2. The molecule has 2 aromatic carbocycles. The summed E-state index contributed by atoms with van der Waals surface area (Å²) in [4.78, 5) is 23.7. The summed E-state index contributed by atoms with van der Waals surface area (Å²) in [6, 6.07) is 14.1. The molecule has 1 saturated carbocycles. The monoisotopic (exact) mass is 604 g/mol. The Kier molecular flexibility index (Phi) is 6.30. The molecule has 7 rings (SSSR count). The molecule has 12 heteroatoms. The molecule has 6 aromatic rings. The van der Waals surface area contributed by atoms with Gasteiger partial charge < -0.3 is 10.5 Å². The van der Waals surface area contributed by atoms with Crippen molar-refractivity contribution < 1.29 is 9.13 Å². The SMILES string of the molecule is COc1ccc(-c2nn([C@H](c3cc4scc(Cl)n4c(=O)c3-c3cccc(P)c3)C3CC3)c3ncnc(N)c23)cc1F. The van der Waals surface area contributed by atoms with E-state index in [0.29, 0.717) is 33.0 Å². The molecule has 0 aliphatic heterocycles. The van der Waals surface area contributed by atoms with E-state index in [1.165, 1.54) is 35.2 Å². The van der Waals surface area contributed by atoms with Gasteiger partial charge in [-0.15, -0.1) is 20.6 Å². The smallest absolute Gasteiger partial charge is 0.265 e. The van der Waals surface area contributed by atoms with Crippen LogP contribution in [0.25, 0.3) is 38.2 Å². The minimum absolute atomic E-state index is 0.127. The van der Waals surface area contributed by atoms with Gasteiger partial charge in [0.05, 0.1) is 24.1 Å². The van der Waals surface area contributed by atoms with Gasteiger partial charge in [-0.2, -0.15) is 5.10 Å². The number of hydrogen-bond acceptors (Lipinski definition) is 7. The summed E-state index contributed by atoms with van der Waals surface area (Å²) in [5.74, 6) is 0.0416. The van der Waals surface area contributed by atoms with Gasteiger partial charge in [-0.05, 0) is 65.5 Å². The minimum Gasteiger partial charge on any atom is -0.494 e. The molecule has 1 aliphatic rings. The second-order valence-electron chi connectivity index (χ2n) is 10.0. The Hall–Kier alpha value is -3.85. The van der Waals surface area contributed by atoms with Crippen molar-refractivity contribution in [2.75, 3.05) is 12.8 Å². The van der Waals surface area contributed by atoms with Gasteiger partial charge >= 0.3 is 0 Å². The molecule has 0 saturated heterocycles. The first-order valence-corrected chi connectivity index (χ1v) is 14.7. The number of halogens is 2. The van der Waals surface area contributed by atoms with E-state index in [9.17, 15) is 9.18 Å². The van der Waals surface area contributed by atoms with E-state index in [1.807, 2.05) is 35.0 Å². The van der Waals surface area contributed by atoms with Gasteiger partial charge in [0, 0.05) is 10.9 Å². The summed E-state index contributed by atoms with van der Waals surface area (Å²) >= 11 is 7.88. The third-order valence-electron chi connectivity index (χ3n) is 7.46. The standard InChI is InChI=1S/C29H23ClFN6O2PS/c1-39-20-8-7-16(10-19(20)31)25-24-27(32)33-13-34-28(24)37(35-25)26(14-5-6-14)18-11-22-36(21(30)12-41-22)29(38)23(18)15-3-2-4-17(40)9-15/h2-4,7-14,26H,5-6,40H2,1H3,(H2,32,33,34)/t26-/m0/s1. The predicted octanol–water partition coefficient (Wildman–Crippen LogP) is 5.72. The summed E-state index contributed by atoms with van der Waals surface area (Å²) in [6.45, 7) is 0. The number of methoxy groups -OCH3 is 1. The first-order valence-electron chi connectivity index (χ1n) is 12.9. The van der Waals surface area contributed by atoms with Gasteiger partial charge in [0.25, 0.3) is 5.56 Å². The maximum absolute atomic E-state index is 14.8. The Balaban J connectivity index is 1.53. The van der Waals surface area contributed by atoms with Crippen LogP contribution in [-0.4, -0.2) is 31.3 Å². The predicted molar refractivity (Wildman–Crippen MR) is 164 cm³/mol. The number of hydrogen-bond donors (Lipinski definition) is 1. The first kappa shape index (κ1) is 26.1. The third-order valence-corrected chi connectivity index (χ3v) is 9.11. The number of pyridine rings is 1. The molecule has 0 amide bonds. The van der Waals surface area contributed by atoms with Crippen LogP contribution in [-0.2, 0) is 0 Å². The number of nitrogens with two attached hydrogens (primary N) is 1. The van der Waals surface area contributed by atoms with Crippen molar-refractivity contribution in [3.63, 3.8) is 0 Å². The number of benzene rings is 2. The number of thiazole rings is 1. The Morgan fingerprint density at radius 1 is 1.17 bits per heavy atom. The van der Waals surface area contributed by atoms with Gasteiger partial charge in [0.2, 0.25) is 0 Å². The third kappa shape index (κ3) is 4.29. The molecular weight excluding hydrogens is 582 g/mol. The molecule has 41 heavy (non-hydrogen) atoms. The highest BCUT2D eigenvalue weighted by atomic mass is 35.5. The number of anilines is 1. The number of aromatic nitrogens is 5. The lowest BCUT2D eigenvalue weighted by Gasteiger charge is -2.22. The minimum atomic E-state index is -0.519. The van der Waals surface area contributed by atoms with E-state index in [2.05, 4.69) is 19.2 Å². The molecule has 1 fully saturated rings. The summed E-state index contributed by atoms with van der Waals surface area (Å²) < 4.78 is 23.3. The average molecular weight is 605 g/mol. The largest absolute Gasteiger partial charge is 0.494 e. The van der Waals surface area contributed by atoms with Crippen LogP contribution < -0.4 is 21.3 Å². The molecule has 0 bridgehead atoms. The van der Waals surface area contributed by atoms with Gasteiger partial charge in [-0.1, -0.05) is 29.8 Å². The van der Waals surface area contributed by atoms with Crippen molar-refractivity contribution in [2.45, 2.75) is 18.9 Å². The van der Waals surface area contributed by atoms with Crippen LogP contribution in [0.2, 0.25) is 5.15 Å². The zero-order chi connectivity index (χ0) is 28.4. The second-order valence-corrected chi connectivity index (χ2v) is 12.0. The molecule has 0 radical (unpaired) electrons. The van der Waals surface area contributed by atoms with Gasteiger partial charge in [-0.3, -0.25) is 9.20 Å². The number of ether oxygens (including phenoxy) is 1. The van der Waals surface area contributed by atoms with Crippen molar-refractivity contribution in [3.8, 4) is 28.1 Å². The Morgan fingerprint density at radius 3 is 2.73 bits per heavy atom. The van der Waals surface area contributed by atoms with Gasteiger partial charge in [0.15, 0.2) is 17.2 Å². The molecule has 206 valence electrons. The average Bonchev–Trinajstić information content (AvgIpc) is 3.61. The van der Waals surface area contributed by atoms with E-state index in [-0.39, 0.29) is 29.1 Å². The van der Waals surface area contributed by atoms with Crippen LogP contribution >= 0.6 is 32.2 Å². The number of nitrogens with zero attached hydrogens (tertiary/aromatic N) is 5. The fourth-order valence-electron chi connectivity index (χ4n) is 5.48. The fraction of sp³-hybridized carbons (Fsp3) is 0.172. The lowest BCUT2D eigenvalue weighted by Crippen LogP contribution is -2.23. The van der Waals surface area contributed by atoms with Crippen LogP contribution in [0.5, 0.6) is 5.75 Å². The maximum atomic E-state index is 14.8. The Labute approximate surface area is 244 Å². The lowest BCUT2D eigenvalue weighted by atomic mass is 9.94. The topological polar surface area (TPSA) is 100 Å². The zero-order valence-corrected chi connectivity index (χ0v) is 24.4. The summed E-state index contributed by atoms with van der Waals surface area (Å²) in [6.07, 6.45) is 3.30. The molecule has 4 heterocycles. The molecule has 0 spiro atoms. The first-order chi connectivity index (χ1) is 19.9. The molecule has 2 N–H and O–H groups in total. The van der Waals surface area contributed by atoms with Crippen molar-refractivity contribution in [3.05, 3.63) is 87.1 Å². The van der Waals surface area contributed by atoms with Crippen LogP contribution in [0.4, 0.5) is 10.2 Å². The normalized spacial score (nSPS) is 14.1. The van der Waals surface area contributed by atoms with E-state index in [1.54, 1.807) is 17.5 Å². The molecule has 1 unspecified atom stereocenters. The second kappa shape index (κ2) is 9.91. The molecule has 1 aliphatic carbocycles. The van der Waals surface area contributed by atoms with Gasteiger partial charge in [-0.25, -0.2) is 19.0 Å². The molecule has 4 aromatic heterocycles. The van der Waals surface area contributed by atoms with Crippen LogP contribution in [0, 0.1) is 11.7 Å². The van der Waals surface area contributed by atoms with Gasteiger partial charge in [0.1, 0.15) is 27.8 Å². The number of nitrogen functional groups attached to an aromatic ring is 1. The molecule has 8 nitrogen and oxygen atoms in total. The fourth-order valence-corrected chi connectivity index (χ4v) is 6.92. The zero-order valence-electron chi connectivity index (χ0n) is 21.7. The molecular formula is C29H23ClFN6O2PS.